The van der Waals surface area contributed by atoms with Gasteiger partial charge in [-0.25, -0.2) is 0 Å². The summed E-state index contributed by atoms with van der Waals surface area (Å²) >= 11 is 0. The highest BCUT2D eigenvalue weighted by Crippen LogP contribution is 2.13. The summed E-state index contributed by atoms with van der Waals surface area (Å²) < 4.78 is 0. The molecule has 1 rings (SSSR count). The molecule has 0 saturated heterocycles. The number of nitrogens with one attached hydrogen (secondary N) is 1. The number of hydrogen-bond acceptors (Lipinski definition) is 2. The Bertz CT molecular complexity index is 346. The van der Waals surface area contributed by atoms with E-state index in [-0.39, 0.29) is 0 Å². The fraction of sp³-hybridized carbons (Fsp3) is 0.500. The van der Waals surface area contributed by atoms with Crippen LogP contribution in [0.4, 0.5) is 5.69 Å². The monoisotopic (exact) mass is 235 g/mol. The first-order chi connectivity index (χ1) is 8.13. The van der Waals surface area contributed by atoms with E-state index in [9.17, 15) is 4.79 Å². The topological polar surface area (TPSA) is 49.3 Å². The van der Waals surface area contributed by atoms with Crippen LogP contribution in [0.5, 0.6) is 0 Å². The standard InChI is InChI=1S/C14H21NO2/c1-3-4-5-6-12-7-9-13(10-8-12)15-11(2)14(16)17/h7-11,15H,3-6H2,1-2H3,(H,16,17). The fourth-order valence-corrected chi connectivity index (χ4v) is 1.66. The van der Waals surface area contributed by atoms with Gasteiger partial charge < -0.3 is 10.4 Å². The predicted molar refractivity (Wildman–Crippen MR) is 70.4 cm³/mol. The van der Waals surface area contributed by atoms with E-state index in [4.69, 9.17) is 5.11 Å². The van der Waals surface area contributed by atoms with Crippen LogP contribution < -0.4 is 5.32 Å². The summed E-state index contributed by atoms with van der Waals surface area (Å²) in [6.07, 6.45) is 4.81. The Morgan fingerprint density at radius 1 is 1.29 bits per heavy atom. The molecule has 0 aliphatic carbocycles. The Morgan fingerprint density at radius 2 is 1.94 bits per heavy atom. The van der Waals surface area contributed by atoms with Crippen molar-refractivity contribution in [3.8, 4) is 0 Å². The van der Waals surface area contributed by atoms with Crippen LogP contribution in [0.25, 0.3) is 0 Å². The molecule has 0 fully saturated rings. The van der Waals surface area contributed by atoms with Crippen molar-refractivity contribution in [2.45, 2.75) is 45.6 Å². The normalized spacial score (nSPS) is 12.1. The van der Waals surface area contributed by atoms with Gasteiger partial charge in [0.25, 0.3) is 0 Å². The highest BCUT2D eigenvalue weighted by molar-refractivity contribution is 5.76. The molecule has 1 aromatic rings. The molecule has 0 spiro atoms. The lowest BCUT2D eigenvalue weighted by Crippen LogP contribution is -2.25. The molecule has 0 bridgehead atoms. The average molecular weight is 235 g/mol. The number of benzene rings is 1. The highest BCUT2D eigenvalue weighted by Gasteiger charge is 2.09. The van der Waals surface area contributed by atoms with Crippen molar-refractivity contribution >= 4 is 11.7 Å². The van der Waals surface area contributed by atoms with Crippen molar-refractivity contribution in [2.75, 3.05) is 5.32 Å². The van der Waals surface area contributed by atoms with Crippen LogP contribution in [0, 0.1) is 0 Å². The van der Waals surface area contributed by atoms with Crippen LogP contribution in [0.2, 0.25) is 0 Å². The van der Waals surface area contributed by atoms with Gasteiger partial charge in [0, 0.05) is 5.69 Å². The summed E-state index contributed by atoms with van der Waals surface area (Å²) in [6, 6.07) is 7.46. The van der Waals surface area contributed by atoms with E-state index in [0.717, 1.165) is 12.1 Å². The SMILES string of the molecule is CCCCCc1ccc(NC(C)C(=O)O)cc1. The molecule has 0 radical (unpaired) electrons. The maximum atomic E-state index is 10.7. The first-order valence-corrected chi connectivity index (χ1v) is 6.21. The van der Waals surface area contributed by atoms with E-state index < -0.39 is 12.0 Å². The van der Waals surface area contributed by atoms with Crippen molar-refractivity contribution < 1.29 is 9.90 Å². The lowest BCUT2D eigenvalue weighted by molar-refractivity contribution is -0.137. The van der Waals surface area contributed by atoms with E-state index in [1.807, 2.05) is 12.1 Å². The average Bonchev–Trinajstić information content (AvgIpc) is 2.31. The minimum Gasteiger partial charge on any atom is -0.480 e. The minimum atomic E-state index is -0.836. The molecule has 0 aliphatic heterocycles. The smallest absolute Gasteiger partial charge is 0.325 e. The molecule has 1 atom stereocenters. The van der Waals surface area contributed by atoms with Crippen LogP contribution >= 0.6 is 0 Å². The van der Waals surface area contributed by atoms with E-state index in [1.54, 1.807) is 6.92 Å². The van der Waals surface area contributed by atoms with Crippen LogP contribution in [-0.4, -0.2) is 17.1 Å². The summed E-state index contributed by atoms with van der Waals surface area (Å²) in [4.78, 5) is 10.7. The zero-order valence-corrected chi connectivity index (χ0v) is 10.6. The minimum absolute atomic E-state index is 0.555. The molecule has 3 nitrogen and oxygen atoms in total. The van der Waals surface area contributed by atoms with E-state index >= 15 is 0 Å². The number of carbonyl (C=O) groups is 1. The largest absolute Gasteiger partial charge is 0.480 e. The van der Waals surface area contributed by atoms with Crippen LogP contribution in [0.1, 0.15) is 38.7 Å². The second-order valence-electron chi connectivity index (χ2n) is 4.36. The molecule has 0 amide bonds. The number of carboxylic acid groups (broad SMARTS) is 1. The molecular weight excluding hydrogens is 214 g/mol. The van der Waals surface area contributed by atoms with Gasteiger partial charge in [-0.3, -0.25) is 4.79 Å². The van der Waals surface area contributed by atoms with E-state index in [0.29, 0.717) is 0 Å². The van der Waals surface area contributed by atoms with Crippen molar-refractivity contribution in [1.82, 2.24) is 0 Å². The van der Waals surface area contributed by atoms with E-state index in [2.05, 4.69) is 24.4 Å². The number of hydrogen-bond donors (Lipinski definition) is 2. The summed E-state index contributed by atoms with van der Waals surface area (Å²) in [5, 5.41) is 11.7. The van der Waals surface area contributed by atoms with Crippen molar-refractivity contribution in [2.24, 2.45) is 0 Å². The Hall–Kier alpha value is -1.51. The number of carboxylic acids is 1. The second kappa shape index (κ2) is 6.94. The van der Waals surface area contributed by atoms with Crippen LogP contribution in [0.3, 0.4) is 0 Å². The summed E-state index contributed by atoms with van der Waals surface area (Å²) in [6.45, 7) is 3.83. The van der Waals surface area contributed by atoms with Gasteiger partial charge in [0.2, 0.25) is 0 Å². The number of rotatable bonds is 7. The van der Waals surface area contributed by atoms with Gasteiger partial charge in [-0.15, -0.1) is 0 Å². The Labute approximate surface area is 103 Å². The molecule has 2 N–H and O–H groups in total. The Kier molecular flexibility index (Phi) is 5.53. The third-order valence-electron chi connectivity index (χ3n) is 2.78. The summed E-state index contributed by atoms with van der Waals surface area (Å²) in [5.41, 5.74) is 2.17. The molecule has 3 heteroatoms. The molecule has 17 heavy (non-hydrogen) atoms. The molecule has 0 saturated carbocycles. The van der Waals surface area contributed by atoms with Gasteiger partial charge >= 0.3 is 5.97 Å². The third-order valence-corrected chi connectivity index (χ3v) is 2.78. The lowest BCUT2D eigenvalue weighted by Gasteiger charge is -2.11. The maximum Gasteiger partial charge on any atom is 0.325 e. The Morgan fingerprint density at radius 3 is 2.47 bits per heavy atom. The van der Waals surface area contributed by atoms with Gasteiger partial charge in [0.1, 0.15) is 6.04 Å². The summed E-state index contributed by atoms with van der Waals surface area (Å²) in [5.74, 6) is -0.836. The van der Waals surface area contributed by atoms with Gasteiger partial charge in [-0.1, -0.05) is 31.9 Å². The number of anilines is 1. The quantitative estimate of drug-likeness (QED) is 0.713. The van der Waals surface area contributed by atoms with Gasteiger partial charge in [0.05, 0.1) is 0 Å². The molecule has 0 aliphatic rings. The Balaban J connectivity index is 2.47. The van der Waals surface area contributed by atoms with Crippen molar-refractivity contribution in [1.29, 1.82) is 0 Å². The molecule has 94 valence electrons. The second-order valence-corrected chi connectivity index (χ2v) is 4.36. The first-order valence-electron chi connectivity index (χ1n) is 6.21. The maximum absolute atomic E-state index is 10.7. The first kappa shape index (κ1) is 13.6. The van der Waals surface area contributed by atoms with Crippen LogP contribution in [-0.2, 0) is 11.2 Å². The highest BCUT2D eigenvalue weighted by atomic mass is 16.4. The predicted octanol–water partition coefficient (Wildman–Crippen LogP) is 3.30. The van der Waals surface area contributed by atoms with Crippen LogP contribution in [0.15, 0.2) is 24.3 Å². The lowest BCUT2D eigenvalue weighted by atomic mass is 10.1. The van der Waals surface area contributed by atoms with Crippen molar-refractivity contribution in [3.05, 3.63) is 29.8 Å². The molecule has 0 aromatic heterocycles. The zero-order chi connectivity index (χ0) is 12.7. The summed E-state index contributed by atoms with van der Waals surface area (Å²) in [7, 11) is 0. The number of aryl methyl sites for hydroxylation is 1. The van der Waals surface area contributed by atoms with Gasteiger partial charge in [0.15, 0.2) is 0 Å². The van der Waals surface area contributed by atoms with Gasteiger partial charge in [-0.05, 0) is 37.5 Å². The molecule has 1 aromatic carbocycles. The van der Waals surface area contributed by atoms with Crippen molar-refractivity contribution in [3.63, 3.8) is 0 Å². The molecule has 0 heterocycles. The third kappa shape index (κ3) is 4.89. The molecule has 1 unspecified atom stereocenters. The number of aliphatic carboxylic acids is 1. The fourth-order valence-electron chi connectivity index (χ4n) is 1.66. The number of unbranched alkanes of at least 4 members (excludes halogenated alkanes) is 2. The zero-order valence-electron chi connectivity index (χ0n) is 10.6. The molecular formula is C14H21NO2. The van der Waals surface area contributed by atoms with Gasteiger partial charge in [-0.2, -0.15) is 0 Å². The van der Waals surface area contributed by atoms with E-state index in [1.165, 1.54) is 24.8 Å².